The Morgan fingerprint density at radius 2 is 2.38 bits per heavy atom. The molecule has 1 atom stereocenters. The van der Waals surface area contributed by atoms with Crippen molar-refractivity contribution < 1.29 is 14.6 Å². The monoisotopic (exact) mass is 178 g/mol. The molecule has 3 nitrogen and oxygen atoms in total. The van der Waals surface area contributed by atoms with Crippen molar-refractivity contribution >= 4 is 5.97 Å². The van der Waals surface area contributed by atoms with Crippen LogP contribution >= 0.6 is 0 Å². The third-order valence-corrected chi connectivity index (χ3v) is 2.24. The van der Waals surface area contributed by atoms with Crippen LogP contribution in [0.3, 0.4) is 0 Å². The van der Waals surface area contributed by atoms with Crippen molar-refractivity contribution in [2.45, 2.75) is 12.8 Å². The maximum absolute atomic E-state index is 10.8. The molecule has 0 spiro atoms. The van der Waals surface area contributed by atoms with Gasteiger partial charge < -0.3 is 9.84 Å². The Kier molecular flexibility index (Phi) is 1.72. The van der Waals surface area contributed by atoms with Gasteiger partial charge in [0.25, 0.3) is 0 Å². The maximum atomic E-state index is 10.8. The third-order valence-electron chi connectivity index (χ3n) is 2.24. The molecular weight excluding hydrogens is 168 g/mol. The van der Waals surface area contributed by atoms with Crippen molar-refractivity contribution in [3.05, 3.63) is 29.3 Å². The minimum absolute atomic E-state index is 0.258. The molecule has 0 aromatic heterocycles. The Balaban J connectivity index is 2.46. The van der Waals surface area contributed by atoms with Gasteiger partial charge in [0.1, 0.15) is 18.3 Å². The van der Waals surface area contributed by atoms with E-state index < -0.39 is 11.9 Å². The fraction of sp³-hybridized carbons (Fsp3) is 0.300. The van der Waals surface area contributed by atoms with Crippen molar-refractivity contribution in [1.29, 1.82) is 0 Å². The molecule has 0 saturated carbocycles. The van der Waals surface area contributed by atoms with Crippen LogP contribution in [-0.2, 0) is 4.79 Å². The summed E-state index contributed by atoms with van der Waals surface area (Å²) in [6, 6.07) is 5.62. The fourth-order valence-electron chi connectivity index (χ4n) is 1.54. The van der Waals surface area contributed by atoms with Crippen LogP contribution in [0.2, 0.25) is 0 Å². The Morgan fingerprint density at radius 1 is 1.62 bits per heavy atom. The lowest BCUT2D eigenvalue weighted by Gasteiger charge is -2.02. The van der Waals surface area contributed by atoms with Crippen LogP contribution in [0.25, 0.3) is 0 Å². The molecular formula is C10H10O3. The number of benzene rings is 1. The first-order valence-corrected chi connectivity index (χ1v) is 4.14. The average Bonchev–Trinajstić information content (AvgIpc) is 2.46. The number of fused-ring (bicyclic) bond motifs is 1. The van der Waals surface area contributed by atoms with E-state index in [-0.39, 0.29) is 6.61 Å². The van der Waals surface area contributed by atoms with Crippen LogP contribution in [0.1, 0.15) is 17.0 Å². The quantitative estimate of drug-likeness (QED) is 0.709. The second-order valence-electron chi connectivity index (χ2n) is 3.24. The van der Waals surface area contributed by atoms with E-state index >= 15 is 0 Å². The summed E-state index contributed by atoms with van der Waals surface area (Å²) in [7, 11) is 0. The van der Waals surface area contributed by atoms with E-state index in [1.165, 1.54) is 0 Å². The van der Waals surface area contributed by atoms with Crippen molar-refractivity contribution in [1.82, 2.24) is 0 Å². The molecule has 1 aromatic carbocycles. The Labute approximate surface area is 76.0 Å². The molecule has 68 valence electrons. The summed E-state index contributed by atoms with van der Waals surface area (Å²) < 4.78 is 5.25. The normalized spacial score (nSPS) is 19.3. The molecule has 0 bridgehead atoms. The summed E-state index contributed by atoms with van der Waals surface area (Å²) in [6.07, 6.45) is 0. The number of rotatable bonds is 1. The molecule has 0 saturated heterocycles. The number of carboxylic acids is 1. The zero-order valence-electron chi connectivity index (χ0n) is 7.28. The van der Waals surface area contributed by atoms with Gasteiger partial charge in [-0.2, -0.15) is 0 Å². The van der Waals surface area contributed by atoms with Crippen LogP contribution in [0.5, 0.6) is 5.75 Å². The zero-order chi connectivity index (χ0) is 9.42. The molecule has 0 aliphatic carbocycles. The van der Waals surface area contributed by atoms with Gasteiger partial charge in [-0.3, -0.25) is 4.79 Å². The van der Waals surface area contributed by atoms with Crippen LogP contribution in [-0.4, -0.2) is 17.7 Å². The first kappa shape index (κ1) is 8.10. The second-order valence-corrected chi connectivity index (χ2v) is 3.24. The van der Waals surface area contributed by atoms with E-state index in [1.54, 1.807) is 0 Å². The number of hydrogen-bond donors (Lipinski definition) is 1. The third kappa shape index (κ3) is 1.26. The minimum atomic E-state index is -0.815. The van der Waals surface area contributed by atoms with Gasteiger partial charge in [0.2, 0.25) is 0 Å². The van der Waals surface area contributed by atoms with Crippen molar-refractivity contribution in [2.75, 3.05) is 6.61 Å². The second kappa shape index (κ2) is 2.76. The van der Waals surface area contributed by atoms with Gasteiger partial charge in [-0.15, -0.1) is 0 Å². The minimum Gasteiger partial charge on any atom is -0.492 e. The molecule has 1 unspecified atom stereocenters. The van der Waals surface area contributed by atoms with Crippen molar-refractivity contribution in [3.63, 3.8) is 0 Å². The number of aliphatic carboxylic acids is 1. The molecule has 0 amide bonds. The molecule has 1 heterocycles. The number of aryl methyl sites for hydroxylation is 1. The maximum Gasteiger partial charge on any atom is 0.314 e. The molecule has 13 heavy (non-hydrogen) atoms. The lowest BCUT2D eigenvalue weighted by molar-refractivity contribution is -0.138. The Hall–Kier alpha value is -1.51. The SMILES string of the molecule is Cc1ccc2c(c1)C(C(=O)O)CO2. The first-order chi connectivity index (χ1) is 6.18. The van der Waals surface area contributed by atoms with E-state index in [2.05, 4.69) is 0 Å². The summed E-state index contributed by atoms with van der Waals surface area (Å²) in [5, 5.41) is 8.87. The van der Waals surface area contributed by atoms with E-state index in [0.717, 1.165) is 11.1 Å². The highest BCUT2D eigenvalue weighted by Gasteiger charge is 2.29. The Morgan fingerprint density at radius 3 is 3.08 bits per heavy atom. The van der Waals surface area contributed by atoms with E-state index in [0.29, 0.717) is 5.75 Å². The highest BCUT2D eigenvalue weighted by atomic mass is 16.5. The number of hydrogen-bond acceptors (Lipinski definition) is 2. The van der Waals surface area contributed by atoms with Crippen LogP contribution in [0, 0.1) is 6.92 Å². The summed E-state index contributed by atoms with van der Waals surface area (Å²) in [4.78, 5) is 10.8. The molecule has 3 heteroatoms. The summed E-state index contributed by atoms with van der Waals surface area (Å²) >= 11 is 0. The zero-order valence-corrected chi connectivity index (χ0v) is 7.28. The summed E-state index contributed by atoms with van der Waals surface area (Å²) in [5.41, 5.74) is 1.86. The lowest BCUT2D eigenvalue weighted by Crippen LogP contribution is -2.12. The lowest BCUT2D eigenvalue weighted by atomic mass is 10.00. The van der Waals surface area contributed by atoms with Gasteiger partial charge in [0.15, 0.2) is 0 Å². The van der Waals surface area contributed by atoms with Crippen LogP contribution in [0.4, 0.5) is 0 Å². The fourth-order valence-corrected chi connectivity index (χ4v) is 1.54. The van der Waals surface area contributed by atoms with Gasteiger partial charge in [0.05, 0.1) is 0 Å². The molecule has 1 aliphatic heterocycles. The van der Waals surface area contributed by atoms with Gasteiger partial charge in [-0.1, -0.05) is 17.7 Å². The summed E-state index contributed by atoms with van der Waals surface area (Å²) in [5.74, 6) is -0.600. The molecule has 1 aliphatic rings. The van der Waals surface area contributed by atoms with E-state index in [1.807, 2.05) is 25.1 Å². The van der Waals surface area contributed by atoms with E-state index in [4.69, 9.17) is 9.84 Å². The van der Waals surface area contributed by atoms with Gasteiger partial charge in [0, 0.05) is 5.56 Å². The Bertz CT molecular complexity index is 357. The topological polar surface area (TPSA) is 46.5 Å². The van der Waals surface area contributed by atoms with Gasteiger partial charge >= 0.3 is 5.97 Å². The molecule has 0 radical (unpaired) electrons. The average molecular weight is 178 g/mol. The largest absolute Gasteiger partial charge is 0.492 e. The van der Waals surface area contributed by atoms with Gasteiger partial charge in [-0.05, 0) is 13.0 Å². The van der Waals surface area contributed by atoms with Crippen molar-refractivity contribution in [2.24, 2.45) is 0 Å². The highest BCUT2D eigenvalue weighted by Crippen LogP contribution is 2.34. The highest BCUT2D eigenvalue weighted by molar-refractivity contribution is 5.78. The van der Waals surface area contributed by atoms with Crippen LogP contribution in [0.15, 0.2) is 18.2 Å². The summed E-state index contributed by atoms with van der Waals surface area (Å²) in [6.45, 7) is 2.20. The standard InChI is InChI=1S/C10H10O3/c1-6-2-3-9-7(4-6)8(5-13-9)10(11)12/h2-4,8H,5H2,1H3,(H,11,12). The smallest absolute Gasteiger partial charge is 0.314 e. The van der Waals surface area contributed by atoms with Gasteiger partial charge in [-0.25, -0.2) is 0 Å². The van der Waals surface area contributed by atoms with Crippen LogP contribution < -0.4 is 4.74 Å². The molecule has 0 fully saturated rings. The molecule has 2 rings (SSSR count). The predicted octanol–water partition coefficient (Wildman–Crippen LogP) is 1.56. The number of ether oxygens (including phenoxy) is 1. The molecule has 1 aromatic rings. The number of carboxylic acid groups (broad SMARTS) is 1. The van der Waals surface area contributed by atoms with E-state index in [9.17, 15) is 4.79 Å². The number of carbonyl (C=O) groups is 1. The molecule has 1 N–H and O–H groups in total. The van der Waals surface area contributed by atoms with Crippen molar-refractivity contribution in [3.8, 4) is 5.75 Å². The predicted molar refractivity (Wildman–Crippen MR) is 47.1 cm³/mol. The first-order valence-electron chi connectivity index (χ1n) is 4.14.